The Labute approximate surface area is 169 Å². The van der Waals surface area contributed by atoms with Gasteiger partial charge in [-0.05, 0) is 48.7 Å². The molecule has 2 aromatic carbocycles. The van der Waals surface area contributed by atoms with Crippen LogP contribution in [0.15, 0.2) is 72.9 Å². The predicted octanol–water partition coefficient (Wildman–Crippen LogP) is 3.68. The van der Waals surface area contributed by atoms with Crippen molar-refractivity contribution in [2.24, 2.45) is 0 Å². The smallest absolute Gasteiger partial charge is 0.269 e. The maximum absolute atomic E-state index is 12.9. The number of carbonyl (C=O) groups is 2. The topological polar surface area (TPSA) is 71.1 Å². The van der Waals surface area contributed by atoms with Crippen LogP contribution in [-0.4, -0.2) is 23.3 Å². The van der Waals surface area contributed by atoms with Crippen molar-refractivity contribution in [1.29, 1.82) is 0 Å². The molecule has 29 heavy (non-hydrogen) atoms. The zero-order valence-corrected chi connectivity index (χ0v) is 16.1. The second-order valence-electron chi connectivity index (χ2n) is 6.67. The van der Waals surface area contributed by atoms with Crippen molar-refractivity contribution in [2.45, 2.75) is 19.4 Å². The van der Waals surface area contributed by atoms with Gasteiger partial charge in [-0.2, -0.15) is 0 Å². The molecule has 0 aliphatic carbocycles. The predicted molar refractivity (Wildman–Crippen MR) is 109 cm³/mol. The van der Waals surface area contributed by atoms with E-state index < -0.39 is 0 Å². The molecule has 2 N–H and O–H groups in total. The molecule has 0 aliphatic heterocycles. The number of rotatable bonds is 7. The molecule has 1 unspecified atom stereocenters. The highest BCUT2D eigenvalue weighted by molar-refractivity contribution is 5.98. The lowest BCUT2D eigenvalue weighted by atomic mass is 10.1. The number of nitrogens with one attached hydrogen (secondary N) is 2. The van der Waals surface area contributed by atoms with E-state index in [1.165, 1.54) is 24.4 Å². The second-order valence-corrected chi connectivity index (χ2v) is 6.67. The Morgan fingerprint density at radius 2 is 1.72 bits per heavy atom. The fourth-order valence-corrected chi connectivity index (χ4v) is 2.86. The van der Waals surface area contributed by atoms with Gasteiger partial charge in [-0.1, -0.05) is 42.5 Å². The molecular weight excluding hydrogens is 369 g/mol. The van der Waals surface area contributed by atoms with Gasteiger partial charge in [0.25, 0.3) is 11.8 Å². The Hall–Kier alpha value is -3.54. The number of aromatic nitrogens is 1. The van der Waals surface area contributed by atoms with Gasteiger partial charge in [0.15, 0.2) is 0 Å². The first-order valence-corrected chi connectivity index (χ1v) is 9.37. The van der Waals surface area contributed by atoms with E-state index in [-0.39, 0.29) is 29.4 Å². The molecule has 148 valence electrons. The monoisotopic (exact) mass is 391 g/mol. The summed E-state index contributed by atoms with van der Waals surface area (Å²) in [5, 5.41) is 5.69. The molecule has 0 spiro atoms. The van der Waals surface area contributed by atoms with Crippen LogP contribution in [-0.2, 0) is 6.42 Å². The number of amides is 2. The molecule has 0 saturated heterocycles. The van der Waals surface area contributed by atoms with Gasteiger partial charge in [-0.25, -0.2) is 4.39 Å². The molecular formula is C23H22FN3O2. The summed E-state index contributed by atoms with van der Waals surface area (Å²) in [7, 11) is 0. The third-order valence-electron chi connectivity index (χ3n) is 4.51. The van der Waals surface area contributed by atoms with Crippen LogP contribution in [0.25, 0.3) is 0 Å². The van der Waals surface area contributed by atoms with Crippen LogP contribution in [0.5, 0.6) is 0 Å². The largest absolute Gasteiger partial charge is 0.350 e. The van der Waals surface area contributed by atoms with Crippen LogP contribution in [0, 0.1) is 5.82 Å². The van der Waals surface area contributed by atoms with E-state index in [0.717, 1.165) is 11.1 Å². The summed E-state index contributed by atoms with van der Waals surface area (Å²) in [5.41, 5.74) is 2.45. The molecule has 1 atom stereocenters. The van der Waals surface area contributed by atoms with Crippen LogP contribution in [0.4, 0.5) is 4.39 Å². The summed E-state index contributed by atoms with van der Waals surface area (Å²) < 4.78 is 12.9. The van der Waals surface area contributed by atoms with Crippen LogP contribution in [0.1, 0.15) is 44.9 Å². The van der Waals surface area contributed by atoms with Crippen molar-refractivity contribution in [1.82, 2.24) is 15.6 Å². The summed E-state index contributed by atoms with van der Waals surface area (Å²) in [4.78, 5) is 28.9. The highest BCUT2D eigenvalue weighted by Gasteiger charge is 2.14. The Morgan fingerprint density at radius 1 is 1.00 bits per heavy atom. The van der Waals surface area contributed by atoms with Gasteiger partial charge in [0.1, 0.15) is 11.5 Å². The van der Waals surface area contributed by atoms with Crippen molar-refractivity contribution < 1.29 is 14.0 Å². The Bertz CT molecular complexity index is 975. The maximum Gasteiger partial charge on any atom is 0.269 e. The Kier molecular flexibility index (Phi) is 6.68. The molecule has 0 fully saturated rings. The van der Waals surface area contributed by atoms with Crippen LogP contribution >= 0.6 is 0 Å². The normalized spacial score (nSPS) is 11.5. The van der Waals surface area contributed by atoms with Gasteiger partial charge >= 0.3 is 0 Å². The summed E-state index contributed by atoms with van der Waals surface area (Å²) in [5.74, 6) is -0.930. The molecule has 2 amide bonds. The first-order valence-electron chi connectivity index (χ1n) is 9.37. The number of nitrogens with zero attached hydrogens (tertiary/aromatic N) is 1. The minimum Gasteiger partial charge on any atom is -0.350 e. The lowest BCUT2D eigenvalue weighted by Crippen LogP contribution is -2.29. The van der Waals surface area contributed by atoms with E-state index >= 15 is 0 Å². The zero-order chi connectivity index (χ0) is 20.6. The van der Waals surface area contributed by atoms with Crippen LogP contribution in [0.3, 0.4) is 0 Å². The first-order chi connectivity index (χ1) is 14.0. The van der Waals surface area contributed by atoms with Crippen LogP contribution in [0.2, 0.25) is 0 Å². The van der Waals surface area contributed by atoms with Crippen molar-refractivity contribution in [3.63, 3.8) is 0 Å². The summed E-state index contributed by atoms with van der Waals surface area (Å²) >= 11 is 0. The van der Waals surface area contributed by atoms with E-state index in [2.05, 4.69) is 15.6 Å². The zero-order valence-electron chi connectivity index (χ0n) is 16.1. The molecule has 1 aromatic heterocycles. The van der Waals surface area contributed by atoms with E-state index in [9.17, 15) is 14.0 Å². The molecule has 0 bridgehead atoms. The molecule has 6 heteroatoms. The number of hydrogen-bond acceptors (Lipinski definition) is 3. The molecule has 0 aliphatic rings. The van der Waals surface area contributed by atoms with Crippen LogP contribution < -0.4 is 10.6 Å². The first kappa shape index (κ1) is 20.2. The number of hydrogen-bond donors (Lipinski definition) is 2. The van der Waals surface area contributed by atoms with E-state index in [1.807, 2.05) is 37.3 Å². The minimum atomic E-state index is -0.363. The Morgan fingerprint density at radius 3 is 2.45 bits per heavy atom. The van der Waals surface area contributed by atoms with Gasteiger partial charge in [0.05, 0.1) is 6.04 Å². The summed E-state index contributed by atoms with van der Waals surface area (Å²) in [6.45, 7) is 2.28. The van der Waals surface area contributed by atoms with Gasteiger partial charge in [-0.3, -0.25) is 14.6 Å². The third-order valence-corrected chi connectivity index (χ3v) is 4.51. The van der Waals surface area contributed by atoms with Crippen molar-refractivity contribution in [3.8, 4) is 0 Å². The molecule has 3 rings (SSSR count). The molecule has 0 radical (unpaired) electrons. The quantitative estimate of drug-likeness (QED) is 0.645. The third kappa shape index (κ3) is 5.72. The average molecular weight is 391 g/mol. The van der Waals surface area contributed by atoms with Crippen molar-refractivity contribution in [3.05, 3.63) is 101 Å². The fourth-order valence-electron chi connectivity index (χ4n) is 2.86. The standard InChI is InChI=1S/C23H22FN3O2/c1-16(18-5-3-2-4-6-18)27-22(28)19-12-14-25-21(15-19)23(29)26-13-11-17-7-9-20(24)10-8-17/h2-10,12,14-16H,11,13H2,1H3,(H,26,29)(H,27,28). The average Bonchev–Trinajstić information content (AvgIpc) is 2.75. The van der Waals surface area contributed by atoms with Gasteiger partial charge in [0, 0.05) is 18.3 Å². The lowest BCUT2D eigenvalue weighted by molar-refractivity contribution is 0.0939. The van der Waals surface area contributed by atoms with E-state index in [0.29, 0.717) is 18.5 Å². The number of carbonyl (C=O) groups excluding carboxylic acids is 2. The van der Waals surface area contributed by atoms with E-state index in [4.69, 9.17) is 0 Å². The van der Waals surface area contributed by atoms with Crippen molar-refractivity contribution in [2.75, 3.05) is 6.54 Å². The maximum atomic E-state index is 12.9. The van der Waals surface area contributed by atoms with Gasteiger partial charge in [-0.15, -0.1) is 0 Å². The molecule has 0 saturated carbocycles. The van der Waals surface area contributed by atoms with Crippen molar-refractivity contribution >= 4 is 11.8 Å². The van der Waals surface area contributed by atoms with Gasteiger partial charge < -0.3 is 10.6 Å². The Balaban J connectivity index is 1.57. The SMILES string of the molecule is CC(NC(=O)c1ccnc(C(=O)NCCc2ccc(F)cc2)c1)c1ccccc1. The highest BCUT2D eigenvalue weighted by Crippen LogP contribution is 2.12. The molecule has 3 aromatic rings. The summed E-state index contributed by atoms with van der Waals surface area (Å²) in [6, 6.07) is 18.6. The number of benzene rings is 2. The van der Waals surface area contributed by atoms with E-state index in [1.54, 1.807) is 18.2 Å². The second kappa shape index (κ2) is 9.59. The molecule has 1 heterocycles. The lowest BCUT2D eigenvalue weighted by Gasteiger charge is -2.14. The minimum absolute atomic E-state index is 0.162. The highest BCUT2D eigenvalue weighted by atomic mass is 19.1. The molecule has 5 nitrogen and oxygen atoms in total. The fraction of sp³-hybridized carbons (Fsp3) is 0.174. The number of halogens is 1. The van der Waals surface area contributed by atoms with Gasteiger partial charge in [0.2, 0.25) is 0 Å². The summed E-state index contributed by atoms with van der Waals surface area (Å²) in [6.07, 6.45) is 2.01. The number of pyridine rings is 1.